The van der Waals surface area contributed by atoms with Gasteiger partial charge in [0.1, 0.15) is 5.75 Å². The molecule has 3 aromatic rings. The second-order valence-electron chi connectivity index (χ2n) is 5.89. The van der Waals surface area contributed by atoms with Crippen molar-refractivity contribution >= 4 is 17.5 Å². The summed E-state index contributed by atoms with van der Waals surface area (Å²) in [5, 5.41) is 15.8. The van der Waals surface area contributed by atoms with E-state index in [-0.39, 0.29) is 17.8 Å². The van der Waals surface area contributed by atoms with Gasteiger partial charge in [-0.25, -0.2) is 4.68 Å². The first-order chi connectivity index (χ1) is 12.6. The van der Waals surface area contributed by atoms with E-state index in [1.54, 1.807) is 16.8 Å². The zero-order chi connectivity index (χ0) is 18.1. The number of hydrogen-bond acceptors (Lipinski definition) is 5. The summed E-state index contributed by atoms with van der Waals surface area (Å²) in [6.45, 7) is -2.85. The number of tetrazole rings is 1. The van der Waals surface area contributed by atoms with Gasteiger partial charge in [-0.15, -0.1) is 0 Å². The van der Waals surface area contributed by atoms with E-state index in [0.717, 1.165) is 11.1 Å². The monoisotopic (exact) mass is 377 g/mol. The van der Waals surface area contributed by atoms with E-state index >= 15 is 0 Å². The van der Waals surface area contributed by atoms with E-state index in [2.05, 4.69) is 25.6 Å². The number of aromatic nitrogens is 4. The van der Waals surface area contributed by atoms with Gasteiger partial charge in [-0.3, -0.25) is 0 Å². The number of alkyl halides is 2. The van der Waals surface area contributed by atoms with Crippen LogP contribution in [0.5, 0.6) is 5.75 Å². The molecule has 0 bridgehead atoms. The second kappa shape index (κ2) is 6.87. The van der Waals surface area contributed by atoms with Crippen LogP contribution in [0.25, 0.3) is 0 Å². The molecular formula is C17H14ClF2N5O. The van der Waals surface area contributed by atoms with Crippen LogP contribution in [-0.4, -0.2) is 26.8 Å². The van der Waals surface area contributed by atoms with Crippen molar-refractivity contribution in [3.8, 4) is 5.75 Å². The van der Waals surface area contributed by atoms with Crippen molar-refractivity contribution in [3.63, 3.8) is 0 Å². The van der Waals surface area contributed by atoms with Gasteiger partial charge >= 0.3 is 6.61 Å². The van der Waals surface area contributed by atoms with E-state index in [0.29, 0.717) is 17.4 Å². The molecule has 2 heterocycles. The van der Waals surface area contributed by atoms with E-state index in [1.807, 2.05) is 24.3 Å². The normalized spacial score (nSPS) is 19.1. The molecule has 1 N–H and O–H groups in total. The van der Waals surface area contributed by atoms with Crippen molar-refractivity contribution in [2.24, 2.45) is 0 Å². The second-order valence-corrected chi connectivity index (χ2v) is 6.33. The Morgan fingerprint density at radius 1 is 1.08 bits per heavy atom. The molecule has 26 heavy (non-hydrogen) atoms. The maximum absolute atomic E-state index is 12.3. The number of fused-ring (bicyclic) bond motifs is 1. The molecule has 0 amide bonds. The fourth-order valence-corrected chi connectivity index (χ4v) is 3.23. The SMILES string of the molecule is FC(F)Oc1ccc(C2CC(c3ccc(Cl)cc3)Nc3nnnn32)cc1. The fraction of sp³-hybridized carbons (Fsp3) is 0.235. The Kier molecular flexibility index (Phi) is 4.42. The van der Waals surface area contributed by atoms with Gasteiger partial charge in [0, 0.05) is 5.02 Å². The molecule has 4 rings (SSSR count). The summed E-state index contributed by atoms with van der Waals surface area (Å²) < 4.78 is 30.8. The molecule has 9 heteroatoms. The minimum Gasteiger partial charge on any atom is -0.435 e. The molecule has 0 fully saturated rings. The Morgan fingerprint density at radius 2 is 1.77 bits per heavy atom. The van der Waals surface area contributed by atoms with Crippen LogP contribution in [0.3, 0.4) is 0 Å². The maximum Gasteiger partial charge on any atom is 0.387 e. The van der Waals surface area contributed by atoms with Crippen LogP contribution in [-0.2, 0) is 0 Å². The molecule has 0 aliphatic carbocycles. The lowest BCUT2D eigenvalue weighted by Crippen LogP contribution is -2.28. The Bertz CT molecular complexity index is 885. The third-order valence-electron chi connectivity index (χ3n) is 4.31. The first-order valence-corrected chi connectivity index (χ1v) is 8.32. The van der Waals surface area contributed by atoms with E-state index in [9.17, 15) is 8.78 Å². The number of halogens is 3. The highest BCUT2D eigenvalue weighted by Crippen LogP contribution is 2.37. The molecule has 0 saturated heterocycles. The molecule has 0 saturated carbocycles. The average molecular weight is 378 g/mol. The lowest BCUT2D eigenvalue weighted by Gasteiger charge is -2.31. The van der Waals surface area contributed by atoms with E-state index in [1.165, 1.54) is 12.1 Å². The van der Waals surface area contributed by atoms with Crippen molar-refractivity contribution in [1.82, 2.24) is 20.2 Å². The maximum atomic E-state index is 12.3. The smallest absolute Gasteiger partial charge is 0.387 e. The predicted molar refractivity (Wildman–Crippen MR) is 91.5 cm³/mol. The van der Waals surface area contributed by atoms with Crippen LogP contribution in [0.4, 0.5) is 14.7 Å². The summed E-state index contributed by atoms with van der Waals surface area (Å²) in [5.74, 6) is 0.665. The highest BCUT2D eigenvalue weighted by Gasteiger charge is 2.30. The number of ether oxygens (including phenoxy) is 1. The Morgan fingerprint density at radius 3 is 2.46 bits per heavy atom. The molecule has 1 aliphatic rings. The Balaban J connectivity index is 1.63. The third kappa shape index (κ3) is 3.32. The summed E-state index contributed by atoms with van der Waals surface area (Å²) >= 11 is 5.97. The topological polar surface area (TPSA) is 64.9 Å². The summed E-state index contributed by atoms with van der Waals surface area (Å²) in [4.78, 5) is 0. The van der Waals surface area contributed by atoms with E-state index < -0.39 is 6.61 Å². The zero-order valence-corrected chi connectivity index (χ0v) is 14.1. The molecule has 0 radical (unpaired) electrons. The zero-order valence-electron chi connectivity index (χ0n) is 13.4. The van der Waals surface area contributed by atoms with E-state index in [4.69, 9.17) is 11.6 Å². The molecule has 2 aromatic carbocycles. The quantitative estimate of drug-likeness (QED) is 0.742. The average Bonchev–Trinajstić information content (AvgIpc) is 3.10. The minimum absolute atomic E-state index is 0.00671. The van der Waals surface area contributed by atoms with Gasteiger partial charge in [0.25, 0.3) is 0 Å². The van der Waals surface area contributed by atoms with Crippen LogP contribution in [0.2, 0.25) is 5.02 Å². The number of benzene rings is 2. The number of rotatable bonds is 4. The third-order valence-corrected chi connectivity index (χ3v) is 4.56. The number of nitrogens with zero attached hydrogens (tertiary/aromatic N) is 4. The molecule has 6 nitrogen and oxygen atoms in total. The number of anilines is 1. The van der Waals surface area contributed by atoms with Gasteiger partial charge in [0.2, 0.25) is 5.95 Å². The van der Waals surface area contributed by atoms with Gasteiger partial charge in [-0.1, -0.05) is 41.0 Å². The van der Waals surface area contributed by atoms with Crippen molar-refractivity contribution in [1.29, 1.82) is 0 Å². The van der Waals surface area contributed by atoms with Gasteiger partial charge in [-0.2, -0.15) is 8.78 Å². The molecule has 2 atom stereocenters. The summed E-state index contributed by atoms with van der Waals surface area (Å²) in [7, 11) is 0. The molecule has 1 aliphatic heterocycles. The van der Waals surface area contributed by atoms with Crippen LogP contribution in [0.15, 0.2) is 48.5 Å². The molecule has 2 unspecified atom stereocenters. The van der Waals surface area contributed by atoms with Gasteiger partial charge in [0.15, 0.2) is 0 Å². The first kappa shape index (κ1) is 16.7. The van der Waals surface area contributed by atoms with Crippen molar-refractivity contribution < 1.29 is 13.5 Å². The number of nitrogens with one attached hydrogen (secondary N) is 1. The van der Waals surface area contributed by atoms with Crippen molar-refractivity contribution in [3.05, 3.63) is 64.7 Å². The lowest BCUT2D eigenvalue weighted by molar-refractivity contribution is -0.0498. The molecular weight excluding hydrogens is 364 g/mol. The van der Waals surface area contributed by atoms with Gasteiger partial charge < -0.3 is 10.1 Å². The predicted octanol–water partition coefficient (Wildman–Crippen LogP) is 4.07. The standard InChI is InChI=1S/C17H14ClF2N5O/c18-12-5-1-10(2-6-12)14-9-15(25-17(21-14)22-23-24-25)11-3-7-13(8-4-11)26-16(19)20/h1-8,14-16H,9H2,(H,21,22,24). The number of hydrogen-bond donors (Lipinski definition) is 1. The largest absolute Gasteiger partial charge is 0.435 e. The van der Waals surface area contributed by atoms with Crippen LogP contribution < -0.4 is 10.1 Å². The lowest BCUT2D eigenvalue weighted by atomic mass is 9.93. The summed E-state index contributed by atoms with van der Waals surface area (Å²) in [6, 6.07) is 14.0. The van der Waals surface area contributed by atoms with Gasteiger partial charge in [-0.05, 0) is 52.2 Å². The molecule has 0 spiro atoms. The van der Waals surface area contributed by atoms with Gasteiger partial charge in [0.05, 0.1) is 12.1 Å². The molecule has 1 aromatic heterocycles. The Hall–Kier alpha value is -2.74. The minimum atomic E-state index is -2.85. The van der Waals surface area contributed by atoms with Crippen LogP contribution in [0, 0.1) is 0 Å². The van der Waals surface area contributed by atoms with Crippen molar-refractivity contribution in [2.45, 2.75) is 25.1 Å². The van der Waals surface area contributed by atoms with Crippen molar-refractivity contribution in [2.75, 3.05) is 5.32 Å². The first-order valence-electron chi connectivity index (χ1n) is 7.95. The summed E-state index contributed by atoms with van der Waals surface area (Å²) in [6.07, 6.45) is 0.689. The molecule has 134 valence electrons. The highest BCUT2D eigenvalue weighted by molar-refractivity contribution is 6.30. The fourth-order valence-electron chi connectivity index (χ4n) is 3.10. The van der Waals surface area contributed by atoms with Crippen LogP contribution in [0.1, 0.15) is 29.6 Å². The summed E-state index contributed by atoms with van der Waals surface area (Å²) in [5.41, 5.74) is 1.96. The van der Waals surface area contributed by atoms with Crippen LogP contribution >= 0.6 is 11.6 Å². The Labute approximate surface area is 152 Å². The highest BCUT2D eigenvalue weighted by atomic mass is 35.5.